The van der Waals surface area contributed by atoms with Gasteiger partial charge in [-0.2, -0.15) is 0 Å². The second-order valence-electron chi connectivity index (χ2n) is 11.8. The number of fused-ring (bicyclic) bond motifs is 2. The van der Waals surface area contributed by atoms with Gasteiger partial charge in [-0.3, -0.25) is 14.0 Å². The lowest BCUT2D eigenvalue weighted by molar-refractivity contribution is -0.134. The molecule has 1 aromatic carbocycles. The summed E-state index contributed by atoms with van der Waals surface area (Å²) in [6, 6.07) is 9.09. The summed E-state index contributed by atoms with van der Waals surface area (Å²) in [4.78, 5) is 42.4. The molecule has 3 aliphatic rings. The van der Waals surface area contributed by atoms with Gasteiger partial charge in [0.05, 0.1) is 24.2 Å². The number of hydrogen-bond acceptors (Lipinski definition) is 8. The molecule has 11 nitrogen and oxygen atoms in total. The first-order valence-corrected chi connectivity index (χ1v) is 14.8. The fourth-order valence-corrected chi connectivity index (χ4v) is 7.03. The molecule has 11 heteroatoms. The summed E-state index contributed by atoms with van der Waals surface area (Å²) < 4.78 is 13.9. The second-order valence-corrected chi connectivity index (χ2v) is 11.8. The van der Waals surface area contributed by atoms with Crippen molar-refractivity contribution in [1.29, 1.82) is 0 Å². The van der Waals surface area contributed by atoms with Gasteiger partial charge in [0.25, 0.3) is 5.91 Å². The van der Waals surface area contributed by atoms with Gasteiger partial charge in [-0.1, -0.05) is 0 Å². The van der Waals surface area contributed by atoms with Crippen LogP contribution in [0.3, 0.4) is 0 Å². The number of methoxy groups -OCH3 is 1. The fourth-order valence-electron chi connectivity index (χ4n) is 7.03. The van der Waals surface area contributed by atoms with E-state index >= 15 is 0 Å². The lowest BCUT2D eigenvalue weighted by Crippen LogP contribution is -2.44. The van der Waals surface area contributed by atoms with Crippen molar-refractivity contribution < 1.29 is 19.1 Å². The number of nitrogens with one attached hydrogen (secondary N) is 1. The summed E-state index contributed by atoms with van der Waals surface area (Å²) in [5.41, 5.74) is 9.55. The molecular formula is C32H35N7O4. The molecule has 7 rings (SSSR count). The van der Waals surface area contributed by atoms with E-state index in [1.807, 2.05) is 47.5 Å². The lowest BCUT2D eigenvalue weighted by Gasteiger charge is -2.36. The number of carbonyl (C=O) groups is 2. The summed E-state index contributed by atoms with van der Waals surface area (Å²) >= 11 is 0. The van der Waals surface area contributed by atoms with Gasteiger partial charge < -0.3 is 25.4 Å². The fraction of sp³-hybridized carbons (Fsp3) is 0.406. The van der Waals surface area contributed by atoms with Crippen LogP contribution in [0.4, 0.5) is 11.6 Å². The number of aromatic nitrogens is 4. The minimum atomic E-state index is -0.335. The molecule has 5 heterocycles. The smallest absolute Gasteiger partial charge is 0.256 e. The molecule has 3 aromatic heterocycles. The van der Waals surface area contributed by atoms with Gasteiger partial charge in [-0.15, -0.1) is 0 Å². The number of piperidine rings is 1. The van der Waals surface area contributed by atoms with E-state index in [4.69, 9.17) is 20.2 Å². The van der Waals surface area contributed by atoms with Crippen molar-refractivity contribution in [2.45, 2.75) is 57.6 Å². The predicted molar refractivity (Wildman–Crippen MR) is 161 cm³/mol. The van der Waals surface area contributed by atoms with Gasteiger partial charge in [-0.25, -0.2) is 15.0 Å². The third-order valence-electron chi connectivity index (χ3n) is 9.18. The van der Waals surface area contributed by atoms with Crippen LogP contribution in [0.1, 0.15) is 60.3 Å². The third-order valence-corrected chi connectivity index (χ3v) is 9.18. The molecule has 3 N–H and O–H groups in total. The summed E-state index contributed by atoms with van der Waals surface area (Å²) in [5.74, 6) is 2.09. The van der Waals surface area contributed by atoms with E-state index in [9.17, 15) is 9.59 Å². The zero-order chi connectivity index (χ0) is 29.9. The molecule has 3 fully saturated rings. The Bertz CT molecular complexity index is 1750. The number of carbonyl (C=O) groups excluding carboxylic acids is 2. The summed E-state index contributed by atoms with van der Waals surface area (Å²) in [7, 11) is 1.72. The van der Waals surface area contributed by atoms with Crippen molar-refractivity contribution >= 4 is 29.0 Å². The van der Waals surface area contributed by atoms with Gasteiger partial charge in [0.1, 0.15) is 34.4 Å². The maximum Gasteiger partial charge on any atom is 0.256 e. The standard InChI is InChI=1S/C32H35N7O4/c1-4-43-23-16-19(30(40)36-24-15-18(2)9-12-34-24)5-7-21(23)25-26-28(33)35-13-14-38(26)29(37-25)20-6-8-22-27(42-3)32(10-11-32)31(41)39(22)17-20/h5,7,9,12-16,20,22,27H,4,6,8,10-11,17H2,1-3H3,(H2,33,35)(H,34,36,40)/t20-,22+,27?/m1/s1. The molecule has 2 saturated heterocycles. The Hall–Kier alpha value is -4.51. The second kappa shape index (κ2) is 10.3. The van der Waals surface area contributed by atoms with Gasteiger partial charge >= 0.3 is 0 Å². The number of rotatable bonds is 7. The van der Waals surface area contributed by atoms with Crippen molar-refractivity contribution in [1.82, 2.24) is 24.3 Å². The molecule has 2 aliphatic heterocycles. The molecule has 222 valence electrons. The van der Waals surface area contributed by atoms with Gasteiger partial charge in [0.2, 0.25) is 5.91 Å². The predicted octanol–water partition coefficient (Wildman–Crippen LogP) is 4.22. The minimum Gasteiger partial charge on any atom is -0.493 e. The zero-order valence-corrected chi connectivity index (χ0v) is 24.5. The summed E-state index contributed by atoms with van der Waals surface area (Å²) in [5, 5.41) is 2.86. The van der Waals surface area contributed by atoms with E-state index in [1.165, 1.54) is 0 Å². The van der Waals surface area contributed by atoms with E-state index in [-0.39, 0.29) is 35.3 Å². The molecule has 3 atom stereocenters. The third kappa shape index (κ3) is 4.41. The molecule has 4 aromatic rings. The normalized spacial score (nSPS) is 22.2. The molecule has 43 heavy (non-hydrogen) atoms. The first kappa shape index (κ1) is 27.3. The van der Waals surface area contributed by atoms with Crippen molar-refractivity contribution in [3.8, 4) is 17.0 Å². The highest BCUT2D eigenvalue weighted by molar-refractivity contribution is 6.04. The van der Waals surface area contributed by atoms with Crippen LogP contribution in [0.25, 0.3) is 16.8 Å². The summed E-state index contributed by atoms with van der Waals surface area (Å²) in [6.07, 6.45) is 8.67. The number of hydrogen-bond donors (Lipinski definition) is 2. The Kier molecular flexibility index (Phi) is 6.57. The average Bonchev–Trinajstić information content (AvgIpc) is 3.65. The maximum absolute atomic E-state index is 13.5. The van der Waals surface area contributed by atoms with Crippen LogP contribution in [-0.2, 0) is 9.53 Å². The monoisotopic (exact) mass is 581 g/mol. The topological polar surface area (TPSA) is 137 Å². The molecule has 0 radical (unpaired) electrons. The van der Waals surface area contributed by atoms with Gasteiger partial charge in [0.15, 0.2) is 0 Å². The largest absolute Gasteiger partial charge is 0.493 e. The number of benzene rings is 1. The number of nitrogens with two attached hydrogens (primary N) is 1. The van der Waals surface area contributed by atoms with Crippen LogP contribution in [0.15, 0.2) is 48.9 Å². The van der Waals surface area contributed by atoms with E-state index < -0.39 is 0 Å². The van der Waals surface area contributed by atoms with Gasteiger partial charge in [0, 0.05) is 49.3 Å². The van der Waals surface area contributed by atoms with Crippen molar-refractivity contribution in [3.63, 3.8) is 0 Å². The van der Waals surface area contributed by atoms with Gasteiger partial charge in [-0.05, 0) is 75.4 Å². The van der Waals surface area contributed by atoms with Crippen molar-refractivity contribution in [2.24, 2.45) is 5.41 Å². The van der Waals surface area contributed by atoms with E-state index in [0.29, 0.717) is 52.9 Å². The molecule has 1 unspecified atom stereocenters. The molecule has 1 spiro atoms. The Labute approximate surface area is 249 Å². The summed E-state index contributed by atoms with van der Waals surface area (Å²) in [6.45, 7) is 4.81. The highest BCUT2D eigenvalue weighted by Crippen LogP contribution is 2.59. The van der Waals surface area contributed by atoms with E-state index in [1.54, 1.807) is 31.6 Å². The number of anilines is 2. The van der Waals surface area contributed by atoms with Crippen LogP contribution in [-0.4, -0.2) is 68.5 Å². The maximum atomic E-state index is 13.5. The number of amides is 2. The van der Waals surface area contributed by atoms with E-state index in [2.05, 4.69) is 15.3 Å². The molecular weight excluding hydrogens is 546 g/mol. The number of imidazole rings is 1. The number of pyridine rings is 1. The average molecular weight is 582 g/mol. The zero-order valence-electron chi connectivity index (χ0n) is 24.5. The van der Waals surface area contributed by atoms with Crippen LogP contribution in [0.2, 0.25) is 0 Å². The van der Waals surface area contributed by atoms with Crippen LogP contribution in [0, 0.1) is 12.3 Å². The van der Waals surface area contributed by atoms with E-state index in [0.717, 1.165) is 37.1 Å². The Morgan fingerprint density at radius 2 is 2.00 bits per heavy atom. The number of ether oxygens (including phenoxy) is 2. The molecule has 2 amide bonds. The van der Waals surface area contributed by atoms with Crippen LogP contribution in [0.5, 0.6) is 5.75 Å². The number of nitrogen functional groups attached to an aromatic ring is 1. The number of nitrogens with zero attached hydrogens (tertiary/aromatic N) is 5. The minimum absolute atomic E-state index is 0.0112. The van der Waals surface area contributed by atoms with Crippen LogP contribution < -0.4 is 15.8 Å². The molecule has 1 aliphatic carbocycles. The highest BCUT2D eigenvalue weighted by atomic mass is 16.5. The first-order chi connectivity index (χ1) is 20.8. The van der Waals surface area contributed by atoms with Crippen molar-refractivity contribution in [2.75, 3.05) is 31.3 Å². The van der Waals surface area contributed by atoms with Crippen molar-refractivity contribution in [3.05, 3.63) is 65.9 Å². The lowest BCUT2D eigenvalue weighted by atomic mass is 9.89. The Morgan fingerprint density at radius 1 is 1.16 bits per heavy atom. The molecule has 0 bridgehead atoms. The molecule has 1 saturated carbocycles. The quantitative estimate of drug-likeness (QED) is 0.331. The Morgan fingerprint density at radius 3 is 2.74 bits per heavy atom. The Balaban J connectivity index is 1.25. The SMILES string of the molecule is CCOc1cc(C(=O)Nc2cc(C)ccn2)ccc1-c1nc([C@@H]2CC[C@H]3C(OC)C4(CC4)C(=O)N3C2)n2ccnc(N)c12. The first-order valence-electron chi connectivity index (χ1n) is 14.8. The highest BCUT2D eigenvalue weighted by Gasteiger charge is 2.67. The van der Waals surface area contributed by atoms with Crippen LogP contribution >= 0.6 is 0 Å². The number of aryl methyl sites for hydroxylation is 1.